The maximum Gasteiger partial charge on any atom is 0.335 e. The molecule has 0 radical (unpaired) electrons. The van der Waals surface area contributed by atoms with Crippen LogP contribution < -0.4 is 5.63 Å². The first-order valence-corrected chi connectivity index (χ1v) is 4.79. The minimum atomic E-state index is -0.535. The predicted molar refractivity (Wildman–Crippen MR) is 55.1 cm³/mol. The molecule has 0 aromatic carbocycles. The second-order valence-corrected chi connectivity index (χ2v) is 3.08. The molecule has 1 heterocycles. The zero-order valence-electron chi connectivity index (χ0n) is 8.63. The third kappa shape index (κ3) is 3.18. The zero-order valence-corrected chi connectivity index (χ0v) is 8.63. The molecule has 88 valence electrons. The first-order valence-electron chi connectivity index (χ1n) is 4.79. The highest BCUT2D eigenvalue weighted by Crippen LogP contribution is 2.02. The molecule has 1 aromatic heterocycles. The van der Waals surface area contributed by atoms with E-state index in [0.29, 0.717) is 0 Å². The number of rotatable bonds is 5. The Hall–Kier alpha value is -1.66. The molecule has 6 heteroatoms. The van der Waals surface area contributed by atoms with Crippen LogP contribution in [0.15, 0.2) is 27.6 Å². The van der Waals surface area contributed by atoms with Gasteiger partial charge < -0.3 is 19.5 Å². The zero-order chi connectivity index (χ0) is 12.0. The molecule has 2 N–H and O–H groups in total. The van der Waals surface area contributed by atoms with Gasteiger partial charge in [-0.05, 0) is 6.07 Å². The third-order valence-corrected chi connectivity index (χ3v) is 1.98. The lowest BCUT2D eigenvalue weighted by molar-refractivity contribution is 0.0682. The number of amides is 1. The Morgan fingerprint density at radius 3 is 2.31 bits per heavy atom. The molecule has 0 spiro atoms. The van der Waals surface area contributed by atoms with Crippen molar-refractivity contribution in [2.45, 2.75) is 0 Å². The summed E-state index contributed by atoms with van der Waals surface area (Å²) in [4.78, 5) is 23.7. The summed E-state index contributed by atoms with van der Waals surface area (Å²) in [7, 11) is 0. The molecular weight excluding hydrogens is 214 g/mol. The Bertz CT molecular complexity index is 374. The standard InChI is InChI=1S/C10H13NO5/c12-5-3-11(4-6-13)10(15)8-1-2-9(14)16-7-8/h1-2,7,12-13H,3-6H2. The monoisotopic (exact) mass is 227 g/mol. The summed E-state index contributed by atoms with van der Waals surface area (Å²) in [5.41, 5.74) is -0.325. The maximum absolute atomic E-state index is 11.8. The molecule has 0 bridgehead atoms. The number of aliphatic hydroxyl groups is 2. The van der Waals surface area contributed by atoms with Crippen molar-refractivity contribution < 1.29 is 19.4 Å². The highest BCUT2D eigenvalue weighted by atomic mass is 16.4. The van der Waals surface area contributed by atoms with Gasteiger partial charge in [0, 0.05) is 19.2 Å². The second-order valence-electron chi connectivity index (χ2n) is 3.08. The van der Waals surface area contributed by atoms with Crippen LogP contribution in [-0.4, -0.2) is 47.3 Å². The van der Waals surface area contributed by atoms with Crippen molar-refractivity contribution >= 4 is 5.91 Å². The molecule has 0 saturated carbocycles. The van der Waals surface area contributed by atoms with Crippen LogP contribution in [0.2, 0.25) is 0 Å². The smallest absolute Gasteiger partial charge is 0.335 e. The van der Waals surface area contributed by atoms with E-state index in [9.17, 15) is 9.59 Å². The van der Waals surface area contributed by atoms with Gasteiger partial charge in [0.1, 0.15) is 6.26 Å². The Kier molecular flexibility index (Phi) is 4.68. The number of carbonyl (C=O) groups excluding carboxylic acids is 1. The fourth-order valence-corrected chi connectivity index (χ4v) is 1.22. The van der Waals surface area contributed by atoms with E-state index in [1.54, 1.807) is 0 Å². The lowest BCUT2D eigenvalue weighted by Crippen LogP contribution is -2.35. The van der Waals surface area contributed by atoms with Gasteiger partial charge in [0.05, 0.1) is 18.8 Å². The van der Waals surface area contributed by atoms with Crippen molar-refractivity contribution in [1.82, 2.24) is 4.90 Å². The minimum Gasteiger partial charge on any atom is -0.430 e. The molecule has 1 aromatic rings. The summed E-state index contributed by atoms with van der Waals surface area (Å²) in [6, 6.07) is 2.49. The van der Waals surface area contributed by atoms with E-state index in [1.165, 1.54) is 11.0 Å². The van der Waals surface area contributed by atoms with E-state index < -0.39 is 11.5 Å². The summed E-state index contributed by atoms with van der Waals surface area (Å²) in [5, 5.41) is 17.5. The largest absolute Gasteiger partial charge is 0.430 e. The second kappa shape index (κ2) is 6.04. The van der Waals surface area contributed by atoms with Crippen LogP contribution in [0.1, 0.15) is 10.4 Å². The van der Waals surface area contributed by atoms with Crippen molar-refractivity contribution in [3.8, 4) is 0 Å². The number of hydrogen-bond donors (Lipinski definition) is 2. The number of nitrogens with zero attached hydrogens (tertiary/aromatic N) is 1. The van der Waals surface area contributed by atoms with Gasteiger partial charge in [-0.1, -0.05) is 0 Å². The van der Waals surface area contributed by atoms with Crippen LogP contribution in [0.25, 0.3) is 0 Å². The van der Waals surface area contributed by atoms with E-state index in [1.807, 2.05) is 0 Å². The van der Waals surface area contributed by atoms with Crippen LogP contribution in [-0.2, 0) is 0 Å². The van der Waals surface area contributed by atoms with Gasteiger partial charge in [0.15, 0.2) is 0 Å². The molecule has 0 aliphatic carbocycles. The number of carbonyl (C=O) groups is 1. The van der Waals surface area contributed by atoms with Gasteiger partial charge in [-0.2, -0.15) is 0 Å². The average molecular weight is 227 g/mol. The molecule has 0 aliphatic heterocycles. The van der Waals surface area contributed by atoms with Gasteiger partial charge in [0.2, 0.25) is 0 Å². The number of hydrogen-bond acceptors (Lipinski definition) is 5. The normalized spacial score (nSPS) is 10.1. The SMILES string of the molecule is O=C(c1ccc(=O)oc1)N(CCO)CCO. The van der Waals surface area contributed by atoms with Crippen molar-refractivity contribution in [2.75, 3.05) is 26.3 Å². The van der Waals surface area contributed by atoms with Crippen LogP contribution in [0.4, 0.5) is 0 Å². The molecule has 1 amide bonds. The van der Waals surface area contributed by atoms with Gasteiger partial charge in [-0.3, -0.25) is 4.79 Å². The Labute approximate surface area is 91.7 Å². The Balaban J connectivity index is 2.81. The molecule has 0 aliphatic rings. The average Bonchev–Trinajstić information content (AvgIpc) is 2.29. The van der Waals surface area contributed by atoms with Gasteiger partial charge in [0.25, 0.3) is 5.91 Å². The van der Waals surface area contributed by atoms with E-state index >= 15 is 0 Å². The van der Waals surface area contributed by atoms with E-state index in [2.05, 4.69) is 4.42 Å². The lowest BCUT2D eigenvalue weighted by atomic mass is 10.2. The van der Waals surface area contributed by atoms with Crippen LogP contribution in [0.3, 0.4) is 0 Å². The molecular formula is C10H13NO5. The quantitative estimate of drug-likeness (QED) is 0.678. The third-order valence-electron chi connectivity index (χ3n) is 1.98. The van der Waals surface area contributed by atoms with E-state index in [-0.39, 0.29) is 31.9 Å². The lowest BCUT2D eigenvalue weighted by Gasteiger charge is -2.20. The highest BCUT2D eigenvalue weighted by Gasteiger charge is 2.15. The predicted octanol–water partition coefficient (Wildman–Crippen LogP) is -0.933. The summed E-state index contributed by atoms with van der Waals surface area (Å²) in [6.07, 6.45) is 1.06. The first-order chi connectivity index (χ1) is 7.69. The summed E-state index contributed by atoms with van der Waals surface area (Å²) < 4.78 is 4.56. The highest BCUT2D eigenvalue weighted by molar-refractivity contribution is 5.93. The molecule has 6 nitrogen and oxygen atoms in total. The van der Waals surface area contributed by atoms with Gasteiger partial charge in [-0.25, -0.2) is 4.79 Å². The Morgan fingerprint density at radius 1 is 1.25 bits per heavy atom. The van der Waals surface area contributed by atoms with Gasteiger partial charge >= 0.3 is 5.63 Å². The maximum atomic E-state index is 11.8. The van der Waals surface area contributed by atoms with Crippen molar-refractivity contribution in [3.05, 3.63) is 34.4 Å². The van der Waals surface area contributed by atoms with Crippen LogP contribution in [0, 0.1) is 0 Å². The van der Waals surface area contributed by atoms with E-state index in [4.69, 9.17) is 10.2 Å². The Morgan fingerprint density at radius 2 is 1.88 bits per heavy atom. The number of aliphatic hydroxyl groups excluding tert-OH is 2. The summed E-state index contributed by atoms with van der Waals surface area (Å²) in [6.45, 7) is -0.137. The molecule has 16 heavy (non-hydrogen) atoms. The summed E-state index contributed by atoms with van der Waals surface area (Å²) >= 11 is 0. The molecule has 0 saturated heterocycles. The minimum absolute atomic E-state index is 0.124. The van der Waals surface area contributed by atoms with Crippen molar-refractivity contribution in [3.63, 3.8) is 0 Å². The van der Waals surface area contributed by atoms with Crippen LogP contribution >= 0.6 is 0 Å². The fraction of sp³-hybridized carbons (Fsp3) is 0.400. The van der Waals surface area contributed by atoms with Crippen LogP contribution in [0.5, 0.6) is 0 Å². The topological polar surface area (TPSA) is 91.0 Å². The fourth-order valence-electron chi connectivity index (χ4n) is 1.22. The van der Waals surface area contributed by atoms with Crippen molar-refractivity contribution in [1.29, 1.82) is 0 Å². The molecule has 0 unspecified atom stereocenters. The summed E-state index contributed by atoms with van der Waals surface area (Å²) in [5.74, 6) is -0.396. The van der Waals surface area contributed by atoms with Gasteiger partial charge in [-0.15, -0.1) is 0 Å². The first kappa shape index (κ1) is 12.4. The van der Waals surface area contributed by atoms with E-state index in [0.717, 1.165) is 12.3 Å². The molecule has 0 fully saturated rings. The van der Waals surface area contributed by atoms with Crippen molar-refractivity contribution in [2.24, 2.45) is 0 Å². The molecule has 1 rings (SSSR count). The molecule has 0 atom stereocenters.